The van der Waals surface area contributed by atoms with E-state index in [4.69, 9.17) is 14.2 Å². The molecule has 128 valence electrons. The first-order valence-electron chi connectivity index (χ1n) is 7.87. The van der Waals surface area contributed by atoms with E-state index in [-0.39, 0.29) is 9.99 Å². The lowest BCUT2D eigenvalue weighted by Crippen LogP contribution is -2.02. The quantitative estimate of drug-likeness (QED) is 0.623. The lowest BCUT2D eigenvalue weighted by molar-refractivity contribution is -0.753. The third kappa shape index (κ3) is 3.89. The zero-order valence-corrected chi connectivity index (χ0v) is 15.3. The van der Waals surface area contributed by atoms with E-state index in [2.05, 4.69) is 36.4 Å². The molecule has 0 heterocycles. The van der Waals surface area contributed by atoms with Gasteiger partial charge in [-0.15, -0.1) is 0 Å². The molecule has 0 radical (unpaired) electrons. The number of hydrogen-bond acceptors (Lipinski definition) is 3. The van der Waals surface area contributed by atoms with Crippen LogP contribution in [0.4, 0.5) is 0 Å². The molecule has 0 aliphatic heterocycles. The molecule has 0 N–H and O–H groups in total. The molecule has 0 aliphatic carbocycles. The molecule has 0 saturated heterocycles. The van der Waals surface area contributed by atoms with E-state index in [0.717, 1.165) is 17.2 Å². The third-order valence-electron chi connectivity index (χ3n) is 3.80. The minimum Gasteiger partial charge on any atom is -0.497 e. The van der Waals surface area contributed by atoms with Crippen molar-refractivity contribution in [3.63, 3.8) is 0 Å². The number of benzene rings is 3. The second kappa shape index (κ2) is 7.95. The van der Waals surface area contributed by atoms with Crippen molar-refractivity contribution in [2.75, 3.05) is 21.3 Å². The van der Waals surface area contributed by atoms with Gasteiger partial charge in [-0.25, -0.2) is 0 Å². The summed E-state index contributed by atoms with van der Waals surface area (Å²) in [4.78, 5) is 0. The van der Waals surface area contributed by atoms with Gasteiger partial charge in [-0.05, 0) is 36.4 Å². The van der Waals surface area contributed by atoms with E-state index in [0.29, 0.717) is 0 Å². The van der Waals surface area contributed by atoms with Gasteiger partial charge < -0.3 is 14.2 Å². The van der Waals surface area contributed by atoms with Crippen LogP contribution in [0, 0.1) is 9.99 Å². The van der Waals surface area contributed by atoms with Crippen LogP contribution in [0.1, 0.15) is 0 Å². The van der Waals surface area contributed by atoms with Gasteiger partial charge in [-0.1, -0.05) is 0 Å². The van der Waals surface area contributed by atoms with Crippen LogP contribution in [-0.2, 0) is 0 Å². The van der Waals surface area contributed by atoms with Crippen molar-refractivity contribution in [1.82, 2.24) is 0 Å². The Hall–Kier alpha value is -2.65. The van der Waals surface area contributed by atoms with Crippen molar-refractivity contribution >= 4 is 0 Å². The van der Waals surface area contributed by atoms with Crippen molar-refractivity contribution in [3.8, 4) is 17.2 Å². The fourth-order valence-corrected chi connectivity index (χ4v) is 4.36. The standard InChI is InChI=1S/C21H21ClO3/c1-23-19-10-4-16(5-11-19)22(17-6-12-20(24-2)13-7-17)18-8-14-21(25-3)15-9-18/h4-15H,1-3H3/q+2. The molecular weight excluding hydrogens is 336 g/mol. The Kier molecular flexibility index (Phi) is 5.46. The Morgan fingerprint density at radius 1 is 0.440 bits per heavy atom. The fraction of sp³-hybridized carbons (Fsp3) is 0.143. The minimum atomic E-state index is 0.241. The van der Waals surface area contributed by atoms with Gasteiger partial charge in [0.15, 0.2) is 0 Å². The first-order chi connectivity index (χ1) is 12.2. The summed E-state index contributed by atoms with van der Waals surface area (Å²) < 4.78 is 15.9. The predicted molar refractivity (Wildman–Crippen MR) is 96.5 cm³/mol. The van der Waals surface area contributed by atoms with E-state index < -0.39 is 0 Å². The highest BCUT2D eigenvalue weighted by molar-refractivity contribution is 5.32. The van der Waals surface area contributed by atoms with Gasteiger partial charge in [0, 0.05) is 0 Å². The summed E-state index contributed by atoms with van der Waals surface area (Å²) in [5.41, 5.74) is 0. The van der Waals surface area contributed by atoms with Gasteiger partial charge in [-0.3, -0.25) is 0 Å². The smallest absolute Gasteiger partial charge is 0.340 e. The Labute approximate surface area is 151 Å². The Bertz CT molecular complexity index is 683. The van der Waals surface area contributed by atoms with Gasteiger partial charge in [-0.2, -0.15) is 0 Å². The molecule has 3 rings (SSSR count). The number of ether oxygens (including phenoxy) is 3. The summed E-state index contributed by atoms with van der Waals surface area (Å²) in [6, 6.07) is 24.6. The minimum absolute atomic E-state index is 0.241. The van der Waals surface area contributed by atoms with Crippen LogP contribution in [0.2, 0.25) is 15.1 Å². The Morgan fingerprint density at radius 2 is 0.680 bits per heavy atom. The van der Waals surface area contributed by atoms with Crippen LogP contribution in [-0.4, -0.2) is 21.3 Å². The first-order valence-corrected chi connectivity index (χ1v) is 9.00. The van der Waals surface area contributed by atoms with Crippen molar-refractivity contribution in [2.24, 2.45) is 0 Å². The normalized spacial score (nSPS) is 10.6. The van der Waals surface area contributed by atoms with Crippen molar-refractivity contribution in [2.45, 2.75) is 0 Å². The highest BCUT2D eigenvalue weighted by atomic mass is 35.6. The molecule has 0 unspecified atom stereocenters. The molecule has 3 nitrogen and oxygen atoms in total. The van der Waals surface area contributed by atoms with Crippen LogP contribution in [0.3, 0.4) is 0 Å². The second-order valence-corrected chi connectivity index (χ2v) is 7.13. The summed E-state index contributed by atoms with van der Waals surface area (Å²) in [5.74, 6) is 2.56. The summed E-state index contributed by atoms with van der Waals surface area (Å²) >= 11 is 0. The highest BCUT2D eigenvalue weighted by Crippen LogP contribution is 2.36. The lowest BCUT2D eigenvalue weighted by atomic mass is 10.3. The molecule has 0 aliphatic rings. The van der Waals surface area contributed by atoms with Crippen molar-refractivity contribution in [3.05, 3.63) is 87.9 Å². The van der Waals surface area contributed by atoms with E-state index in [1.165, 1.54) is 15.1 Å². The van der Waals surface area contributed by atoms with Crippen LogP contribution in [0.25, 0.3) is 0 Å². The fourth-order valence-electron chi connectivity index (χ4n) is 2.47. The predicted octanol–water partition coefficient (Wildman–Crippen LogP) is 4.98. The molecule has 3 aromatic carbocycles. The summed E-state index contributed by atoms with van der Waals surface area (Å²) in [7, 11) is 5.28. The first kappa shape index (κ1) is 17.2. The van der Waals surface area contributed by atoms with Crippen LogP contribution in [0.15, 0.2) is 72.8 Å². The van der Waals surface area contributed by atoms with Gasteiger partial charge in [0.1, 0.15) is 27.2 Å². The molecule has 4 heteroatoms. The summed E-state index contributed by atoms with van der Waals surface area (Å²) in [6.45, 7) is 0. The van der Waals surface area contributed by atoms with E-state index in [1.54, 1.807) is 21.3 Å². The Balaban J connectivity index is 2.04. The number of hydrogen-bond donors (Lipinski definition) is 0. The number of methoxy groups -OCH3 is 3. The molecule has 25 heavy (non-hydrogen) atoms. The summed E-state index contributed by atoms with van der Waals surface area (Å²) in [5, 5.41) is 3.59. The van der Waals surface area contributed by atoms with Crippen molar-refractivity contribution in [1.29, 1.82) is 0 Å². The van der Waals surface area contributed by atoms with E-state index in [1.807, 2.05) is 36.4 Å². The topological polar surface area (TPSA) is 27.7 Å². The number of rotatable bonds is 6. The van der Waals surface area contributed by atoms with Crippen LogP contribution in [0.5, 0.6) is 17.2 Å². The number of halogens is 1. The Morgan fingerprint density at radius 3 is 0.880 bits per heavy atom. The average molecular weight is 357 g/mol. The molecule has 0 spiro atoms. The maximum Gasteiger partial charge on any atom is 0.340 e. The molecule has 0 bridgehead atoms. The van der Waals surface area contributed by atoms with Gasteiger partial charge in [0.2, 0.25) is 0 Å². The summed E-state index contributed by atoms with van der Waals surface area (Å²) in [6.07, 6.45) is 0. The molecule has 0 amide bonds. The van der Waals surface area contributed by atoms with Gasteiger partial charge in [0.25, 0.3) is 0 Å². The second-order valence-electron chi connectivity index (χ2n) is 5.26. The molecule has 0 aromatic heterocycles. The third-order valence-corrected chi connectivity index (χ3v) is 5.87. The van der Waals surface area contributed by atoms with Crippen molar-refractivity contribution < 1.29 is 24.2 Å². The van der Waals surface area contributed by atoms with E-state index >= 15 is 0 Å². The van der Waals surface area contributed by atoms with Gasteiger partial charge in [0.05, 0.1) is 57.7 Å². The average Bonchev–Trinajstić information content (AvgIpc) is 2.70. The molecule has 0 atom stereocenters. The van der Waals surface area contributed by atoms with Gasteiger partial charge >= 0.3 is 15.1 Å². The molecular formula is C21H21ClO3+2. The lowest BCUT2D eigenvalue weighted by Gasteiger charge is -2.03. The highest BCUT2D eigenvalue weighted by Gasteiger charge is 2.39. The van der Waals surface area contributed by atoms with Crippen LogP contribution < -0.4 is 14.2 Å². The zero-order valence-electron chi connectivity index (χ0n) is 14.5. The molecule has 3 aromatic rings. The SMILES string of the molecule is COc1ccc([Cl+2](c2ccc(OC)cc2)c2ccc(OC)cc2)cc1. The zero-order chi connectivity index (χ0) is 17.6. The van der Waals surface area contributed by atoms with Crippen LogP contribution >= 0.6 is 0 Å². The van der Waals surface area contributed by atoms with E-state index in [9.17, 15) is 0 Å². The maximum atomic E-state index is 5.29. The monoisotopic (exact) mass is 356 g/mol. The molecule has 0 fully saturated rings. The maximum absolute atomic E-state index is 5.29. The largest absolute Gasteiger partial charge is 0.497 e. The molecule has 0 saturated carbocycles.